The van der Waals surface area contributed by atoms with Crippen molar-refractivity contribution in [3.63, 3.8) is 0 Å². The first-order chi connectivity index (χ1) is 15.7. The van der Waals surface area contributed by atoms with Gasteiger partial charge < -0.3 is 15.0 Å². The molecule has 0 saturated carbocycles. The first kappa shape index (κ1) is 22.4. The molecule has 1 N–H and O–H groups in total. The van der Waals surface area contributed by atoms with Gasteiger partial charge in [0.25, 0.3) is 11.8 Å². The van der Waals surface area contributed by atoms with E-state index in [-0.39, 0.29) is 24.9 Å². The standard InChI is InChI=1S/C25H21F3N2O3/c1-16-24(32)30(14-17-6-5-9-20(12-17)25(26,27)28)15-19-13-21(10-11-22(19)33-16)29-23(31)18-7-3-2-4-8-18/h2-13,16H,14-15H2,1H3,(H,29,31). The first-order valence-corrected chi connectivity index (χ1v) is 10.3. The Morgan fingerprint density at radius 3 is 2.55 bits per heavy atom. The van der Waals surface area contributed by atoms with Gasteiger partial charge in [-0.25, -0.2) is 0 Å². The Morgan fingerprint density at radius 1 is 1.06 bits per heavy atom. The lowest BCUT2D eigenvalue weighted by molar-refractivity contribution is -0.138. The van der Waals surface area contributed by atoms with Crippen molar-refractivity contribution in [2.45, 2.75) is 32.3 Å². The summed E-state index contributed by atoms with van der Waals surface area (Å²) < 4.78 is 45.0. The van der Waals surface area contributed by atoms with Gasteiger partial charge in [0.1, 0.15) is 5.75 Å². The highest BCUT2D eigenvalue weighted by Crippen LogP contribution is 2.32. The highest BCUT2D eigenvalue weighted by atomic mass is 19.4. The fraction of sp³-hybridized carbons (Fsp3) is 0.200. The molecule has 1 aliphatic rings. The molecule has 0 saturated heterocycles. The maximum atomic E-state index is 13.1. The second-order valence-electron chi connectivity index (χ2n) is 7.80. The Balaban J connectivity index is 1.57. The maximum absolute atomic E-state index is 13.1. The molecule has 3 aromatic rings. The summed E-state index contributed by atoms with van der Waals surface area (Å²) in [6, 6.07) is 18.7. The number of hydrogen-bond donors (Lipinski definition) is 1. The van der Waals surface area contributed by atoms with E-state index >= 15 is 0 Å². The number of carbonyl (C=O) groups is 2. The molecule has 170 valence electrons. The number of alkyl halides is 3. The molecular weight excluding hydrogens is 433 g/mol. The lowest BCUT2D eigenvalue weighted by Gasteiger charge is -2.22. The molecule has 0 aliphatic carbocycles. The predicted molar refractivity (Wildman–Crippen MR) is 117 cm³/mol. The SMILES string of the molecule is CC1Oc2ccc(NC(=O)c3ccccc3)cc2CN(Cc2cccc(C(F)(F)F)c2)C1=O. The zero-order chi connectivity index (χ0) is 23.6. The average Bonchev–Trinajstić information content (AvgIpc) is 2.90. The van der Waals surface area contributed by atoms with Crippen LogP contribution in [0.5, 0.6) is 5.75 Å². The van der Waals surface area contributed by atoms with Gasteiger partial charge in [-0.15, -0.1) is 0 Å². The van der Waals surface area contributed by atoms with Crippen molar-refractivity contribution in [1.29, 1.82) is 0 Å². The number of carbonyl (C=O) groups excluding carboxylic acids is 2. The van der Waals surface area contributed by atoms with Crippen LogP contribution in [0.15, 0.2) is 72.8 Å². The number of ether oxygens (including phenoxy) is 1. The molecule has 5 nitrogen and oxygen atoms in total. The zero-order valence-electron chi connectivity index (χ0n) is 17.7. The third kappa shape index (κ3) is 5.16. The summed E-state index contributed by atoms with van der Waals surface area (Å²) in [6.45, 7) is 1.72. The summed E-state index contributed by atoms with van der Waals surface area (Å²) in [6.07, 6.45) is -5.27. The molecule has 2 amide bonds. The van der Waals surface area contributed by atoms with E-state index in [1.807, 2.05) is 6.07 Å². The Hall–Kier alpha value is -3.81. The van der Waals surface area contributed by atoms with E-state index in [1.165, 1.54) is 11.0 Å². The summed E-state index contributed by atoms with van der Waals surface area (Å²) in [7, 11) is 0. The third-order valence-corrected chi connectivity index (χ3v) is 5.31. The Labute approximate surface area is 188 Å². The van der Waals surface area contributed by atoms with E-state index in [1.54, 1.807) is 55.5 Å². The van der Waals surface area contributed by atoms with Gasteiger partial charge in [-0.3, -0.25) is 9.59 Å². The minimum Gasteiger partial charge on any atom is -0.481 e. The Kier molecular flexibility index (Phi) is 6.09. The van der Waals surface area contributed by atoms with Crippen LogP contribution in [-0.4, -0.2) is 22.8 Å². The van der Waals surface area contributed by atoms with Gasteiger partial charge in [0.15, 0.2) is 6.10 Å². The van der Waals surface area contributed by atoms with Crippen LogP contribution in [-0.2, 0) is 24.1 Å². The van der Waals surface area contributed by atoms with Crippen molar-refractivity contribution in [2.75, 3.05) is 5.32 Å². The Bertz CT molecular complexity index is 1180. The molecule has 0 bridgehead atoms. The fourth-order valence-corrected chi connectivity index (χ4v) is 3.67. The van der Waals surface area contributed by atoms with E-state index < -0.39 is 17.8 Å². The molecule has 0 aromatic heterocycles. The summed E-state index contributed by atoms with van der Waals surface area (Å²) in [4.78, 5) is 26.8. The number of hydrogen-bond acceptors (Lipinski definition) is 3. The molecule has 1 heterocycles. The summed E-state index contributed by atoms with van der Waals surface area (Å²) >= 11 is 0. The van der Waals surface area contributed by atoms with E-state index in [0.29, 0.717) is 28.1 Å². The number of rotatable bonds is 4. The first-order valence-electron chi connectivity index (χ1n) is 10.3. The van der Waals surface area contributed by atoms with Crippen LogP contribution in [0.25, 0.3) is 0 Å². The van der Waals surface area contributed by atoms with Gasteiger partial charge in [-0.05, 0) is 55.0 Å². The van der Waals surface area contributed by atoms with E-state index in [2.05, 4.69) is 5.32 Å². The van der Waals surface area contributed by atoms with Crippen LogP contribution in [0.3, 0.4) is 0 Å². The molecule has 4 rings (SSSR count). The minimum atomic E-state index is -4.46. The van der Waals surface area contributed by atoms with Crippen LogP contribution >= 0.6 is 0 Å². The van der Waals surface area contributed by atoms with Crippen molar-refractivity contribution in [2.24, 2.45) is 0 Å². The molecule has 0 fully saturated rings. The minimum absolute atomic E-state index is 0.00348. The topological polar surface area (TPSA) is 58.6 Å². The molecule has 1 unspecified atom stereocenters. The van der Waals surface area contributed by atoms with Gasteiger partial charge in [-0.1, -0.05) is 30.3 Å². The van der Waals surface area contributed by atoms with Gasteiger partial charge in [0, 0.05) is 29.9 Å². The van der Waals surface area contributed by atoms with Crippen LogP contribution in [0.1, 0.15) is 34.0 Å². The van der Waals surface area contributed by atoms with Crippen molar-refractivity contribution in [3.05, 3.63) is 95.1 Å². The normalized spacial score (nSPS) is 15.9. The smallest absolute Gasteiger partial charge is 0.416 e. The van der Waals surface area contributed by atoms with Gasteiger partial charge in [0.05, 0.1) is 5.56 Å². The predicted octanol–water partition coefficient (Wildman–Crippen LogP) is 5.27. The number of amides is 2. The molecule has 1 aliphatic heterocycles. The lowest BCUT2D eigenvalue weighted by atomic mass is 10.1. The van der Waals surface area contributed by atoms with E-state index in [0.717, 1.165) is 12.1 Å². The van der Waals surface area contributed by atoms with Crippen molar-refractivity contribution in [3.8, 4) is 5.75 Å². The second-order valence-corrected chi connectivity index (χ2v) is 7.80. The number of nitrogens with zero attached hydrogens (tertiary/aromatic N) is 1. The largest absolute Gasteiger partial charge is 0.481 e. The second kappa shape index (κ2) is 8.97. The number of nitrogens with one attached hydrogen (secondary N) is 1. The van der Waals surface area contributed by atoms with Crippen molar-refractivity contribution in [1.82, 2.24) is 4.90 Å². The third-order valence-electron chi connectivity index (χ3n) is 5.31. The summed E-state index contributed by atoms with van der Waals surface area (Å²) in [5.74, 6) is -0.131. The van der Waals surface area contributed by atoms with E-state index in [9.17, 15) is 22.8 Å². The Morgan fingerprint density at radius 2 is 1.82 bits per heavy atom. The number of fused-ring (bicyclic) bond motifs is 1. The average molecular weight is 454 g/mol. The number of benzene rings is 3. The van der Waals surface area contributed by atoms with Crippen LogP contribution in [0.4, 0.5) is 18.9 Å². The molecule has 0 spiro atoms. The zero-order valence-corrected chi connectivity index (χ0v) is 17.7. The lowest BCUT2D eigenvalue weighted by Crippen LogP contribution is -2.37. The molecule has 1 atom stereocenters. The maximum Gasteiger partial charge on any atom is 0.416 e. The van der Waals surface area contributed by atoms with Crippen molar-refractivity contribution >= 4 is 17.5 Å². The quantitative estimate of drug-likeness (QED) is 0.585. The van der Waals surface area contributed by atoms with E-state index in [4.69, 9.17) is 4.74 Å². The van der Waals surface area contributed by atoms with Crippen LogP contribution in [0, 0.1) is 0 Å². The van der Waals surface area contributed by atoms with Gasteiger partial charge in [0.2, 0.25) is 0 Å². The number of halogens is 3. The highest BCUT2D eigenvalue weighted by Gasteiger charge is 2.32. The molecule has 33 heavy (non-hydrogen) atoms. The summed E-state index contributed by atoms with van der Waals surface area (Å²) in [5.41, 5.74) is 1.26. The molecular formula is C25H21F3N2O3. The number of anilines is 1. The fourth-order valence-electron chi connectivity index (χ4n) is 3.67. The van der Waals surface area contributed by atoms with Crippen LogP contribution in [0.2, 0.25) is 0 Å². The monoisotopic (exact) mass is 454 g/mol. The van der Waals surface area contributed by atoms with Gasteiger partial charge in [-0.2, -0.15) is 13.2 Å². The highest BCUT2D eigenvalue weighted by molar-refractivity contribution is 6.04. The molecule has 8 heteroatoms. The van der Waals surface area contributed by atoms with Gasteiger partial charge >= 0.3 is 6.18 Å². The summed E-state index contributed by atoms with van der Waals surface area (Å²) in [5, 5.41) is 2.82. The van der Waals surface area contributed by atoms with Crippen LogP contribution < -0.4 is 10.1 Å². The molecule has 3 aromatic carbocycles. The molecule has 0 radical (unpaired) electrons. The van der Waals surface area contributed by atoms with Crippen molar-refractivity contribution < 1.29 is 27.5 Å².